The molecule has 4 nitrogen and oxygen atoms in total. The third-order valence-electron chi connectivity index (χ3n) is 3.27. The summed E-state index contributed by atoms with van der Waals surface area (Å²) in [6.45, 7) is 8.14. The molecule has 1 unspecified atom stereocenters. The van der Waals surface area contributed by atoms with E-state index >= 15 is 0 Å². The quantitative estimate of drug-likeness (QED) is 0.839. The van der Waals surface area contributed by atoms with E-state index in [4.69, 9.17) is 0 Å². The van der Waals surface area contributed by atoms with Gasteiger partial charge in [-0.3, -0.25) is 9.59 Å². The molecule has 1 aromatic rings. The zero-order chi connectivity index (χ0) is 15.1. The molecule has 1 rings (SSSR count). The lowest BCUT2D eigenvalue weighted by molar-refractivity contribution is -0.124. The molecule has 1 aromatic carbocycles. The van der Waals surface area contributed by atoms with Crippen molar-refractivity contribution in [1.29, 1.82) is 0 Å². The predicted molar refractivity (Wildman–Crippen MR) is 81.2 cm³/mol. The first-order chi connectivity index (χ1) is 9.43. The van der Waals surface area contributed by atoms with Crippen molar-refractivity contribution in [3.05, 3.63) is 29.8 Å². The van der Waals surface area contributed by atoms with E-state index in [1.54, 1.807) is 0 Å². The van der Waals surface area contributed by atoms with Crippen LogP contribution in [0.3, 0.4) is 0 Å². The fourth-order valence-corrected chi connectivity index (χ4v) is 1.54. The van der Waals surface area contributed by atoms with E-state index in [1.807, 2.05) is 52.0 Å². The lowest BCUT2D eigenvalue weighted by atomic mass is 10.1. The Balaban J connectivity index is 2.51. The first-order valence-electron chi connectivity index (χ1n) is 7.11. The van der Waals surface area contributed by atoms with Crippen molar-refractivity contribution in [3.8, 4) is 0 Å². The van der Waals surface area contributed by atoms with Crippen molar-refractivity contribution in [2.75, 3.05) is 5.32 Å². The molecule has 0 aromatic heterocycles. The van der Waals surface area contributed by atoms with Gasteiger partial charge >= 0.3 is 0 Å². The first kappa shape index (κ1) is 16.2. The predicted octanol–water partition coefficient (Wildman–Crippen LogP) is 2.94. The van der Waals surface area contributed by atoms with Gasteiger partial charge in [-0.05, 0) is 24.1 Å². The first-order valence-corrected chi connectivity index (χ1v) is 7.11. The molecule has 2 N–H and O–H groups in total. The van der Waals surface area contributed by atoms with Crippen molar-refractivity contribution in [2.45, 2.75) is 40.7 Å². The smallest absolute Gasteiger partial charge is 0.226 e. The van der Waals surface area contributed by atoms with E-state index in [0.717, 1.165) is 17.7 Å². The maximum absolute atomic E-state index is 11.7. The summed E-state index contributed by atoms with van der Waals surface area (Å²) in [5.41, 5.74) is 1.80. The number of carbonyl (C=O) groups is 2. The Morgan fingerprint density at radius 3 is 2.15 bits per heavy atom. The van der Waals surface area contributed by atoms with Gasteiger partial charge in [0.1, 0.15) is 0 Å². The molecule has 20 heavy (non-hydrogen) atoms. The molecule has 0 radical (unpaired) electrons. The maximum atomic E-state index is 11.7. The molecule has 2 amide bonds. The van der Waals surface area contributed by atoms with Gasteiger partial charge in [0, 0.05) is 24.1 Å². The average Bonchev–Trinajstić information content (AvgIpc) is 2.45. The maximum Gasteiger partial charge on any atom is 0.226 e. The summed E-state index contributed by atoms with van der Waals surface area (Å²) in [6, 6.07) is 7.52. The van der Waals surface area contributed by atoms with Crippen LogP contribution in [-0.2, 0) is 16.1 Å². The molecule has 0 saturated carbocycles. The second-order valence-corrected chi connectivity index (χ2v) is 5.37. The number of rotatable bonds is 6. The number of nitrogens with one attached hydrogen (secondary N) is 2. The zero-order valence-corrected chi connectivity index (χ0v) is 12.7. The molecule has 4 heteroatoms. The summed E-state index contributed by atoms with van der Waals surface area (Å²) in [7, 11) is 0. The topological polar surface area (TPSA) is 58.2 Å². The summed E-state index contributed by atoms with van der Waals surface area (Å²) >= 11 is 0. The molecule has 0 aliphatic carbocycles. The minimum atomic E-state index is -0.0375. The SMILES string of the molecule is CCC(C)C(=O)NCc1ccc(NC(=O)C(C)C)cc1. The second kappa shape index (κ2) is 7.68. The van der Waals surface area contributed by atoms with Crippen LogP contribution in [0.1, 0.15) is 39.7 Å². The minimum absolute atomic E-state index is 0.00261. The Labute approximate surface area is 121 Å². The standard InChI is InChI=1S/C16H24N2O2/c1-5-12(4)16(20)17-10-13-6-8-14(9-7-13)18-15(19)11(2)3/h6-9,11-12H,5,10H2,1-4H3,(H,17,20)(H,18,19). The van der Waals surface area contributed by atoms with Gasteiger partial charge in [-0.15, -0.1) is 0 Å². The molecular weight excluding hydrogens is 252 g/mol. The number of benzene rings is 1. The lowest BCUT2D eigenvalue weighted by Crippen LogP contribution is -2.28. The number of anilines is 1. The van der Waals surface area contributed by atoms with E-state index in [1.165, 1.54) is 0 Å². The van der Waals surface area contributed by atoms with Crippen molar-refractivity contribution >= 4 is 17.5 Å². The largest absolute Gasteiger partial charge is 0.352 e. The van der Waals surface area contributed by atoms with E-state index in [9.17, 15) is 9.59 Å². The van der Waals surface area contributed by atoms with E-state index in [0.29, 0.717) is 6.54 Å². The molecule has 0 aliphatic rings. The fraction of sp³-hybridized carbons (Fsp3) is 0.500. The zero-order valence-electron chi connectivity index (χ0n) is 12.7. The number of hydrogen-bond donors (Lipinski definition) is 2. The van der Waals surface area contributed by atoms with Crippen LogP contribution in [0, 0.1) is 11.8 Å². The lowest BCUT2D eigenvalue weighted by Gasteiger charge is -2.11. The van der Waals surface area contributed by atoms with Crippen LogP contribution in [0.4, 0.5) is 5.69 Å². The average molecular weight is 276 g/mol. The second-order valence-electron chi connectivity index (χ2n) is 5.37. The van der Waals surface area contributed by atoms with Gasteiger partial charge in [-0.25, -0.2) is 0 Å². The Bertz CT molecular complexity index is 452. The Hall–Kier alpha value is -1.84. The van der Waals surface area contributed by atoms with Crippen molar-refractivity contribution in [3.63, 3.8) is 0 Å². The van der Waals surface area contributed by atoms with Crippen LogP contribution in [0.15, 0.2) is 24.3 Å². The molecule has 0 heterocycles. The minimum Gasteiger partial charge on any atom is -0.352 e. The van der Waals surface area contributed by atoms with Gasteiger partial charge in [-0.1, -0.05) is 39.8 Å². The summed E-state index contributed by atoms with van der Waals surface area (Å²) in [5, 5.41) is 5.74. The molecule has 0 fully saturated rings. The number of carbonyl (C=O) groups excluding carboxylic acids is 2. The van der Waals surface area contributed by atoms with Gasteiger partial charge < -0.3 is 10.6 Å². The highest BCUT2D eigenvalue weighted by Crippen LogP contribution is 2.11. The van der Waals surface area contributed by atoms with E-state index < -0.39 is 0 Å². The monoisotopic (exact) mass is 276 g/mol. The Morgan fingerprint density at radius 2 is 1.65 bits per heavy atom. The molecule has 0 bridgehead atoms. The summed E-state index contributed by atoms with van der Waals surface area (Å²) in [6.07, 6.45) is 0.839. The highest BCUT2D eigenvalue weighted by Gasteiger charge is 2.10. The number of amides is 2. The van der Waals surface area contributed by atoms with Crippen molar-refractivity contribution in [1.82, 2.24) is 5.32 Å². The number of hydrogen-bond acceptors (Lipinski definition) is 2. The van der Waals surface area contributed by atoms with Crippen molar-refractivity contribution in [2.24, 2.45) is 11.8 Å². The molecule has 0 saturated heterocycles. The van der Waals surface area contributed by atoms with E-state index in [2.05, 4.69) is 10.6 Å². The van der Waals surface area contributed by atoms with Crippen LogP contribution in [0.25, 0.3) is 0 Å². The Kier molecular flexibility index (Phi) is 6.22. The van der Waals surface area contributed by atoms with Crippen LogP contribution in [-0.4, -0.2) is 11.8 Å². The van der Waals surface area contributed by atoms with Gasteiger partial charge in [0.15, 0.2) is 0 Å². The van der Waals surface area contributed by atoms with Crippen LogP contribution in [0.2, 0.25) is 0 Å². The van der Waals surface area contributed by atoms with Crippen LogP contribution in [0.5, 0.6) is 0 Å². The molecular formula is C16H24N2O2. The summed E-state index contributed by atoms with van der Waals surface area (Å²) in [4.78, 5) is 23.2. The van der Waals surface area contributed by atoms with Gasteiger partial charge in [0.25, 0.3) is 0 Å². The van der Waals surface area contributed by atoms with E-state index in [-0.39, 0.29) is 23.7 Å². The molecule has 0 spiro atoms. The summed E-state index contributed by atoms with van der Waals surface area (Å²) in [5.74, 6) is 0.0802. The third-order valence-corrected chi connectivity index (χ3v) is 3.27. The highest BCUT2D eigenvalue weighted by atomic mass is 16.2. The van der Waals surface area contributed by atoms with Crippen molar-refractivity contribution < 1.29 is 9.59 Å². The third kappa shape index (κ3) is 5.03. The molecule has 110 valence electrons. The Morgan fingerprint density at radius 1 is 1.05 bits per heavy atom. The van der Waals surface area contributed by atoms with Crippen LogP contribution >= 0.6 is 0 Å². The molecule has 1 atom stereocenters. The normalized spacial score (nSPS) is 12.1. The van der Waals surface area contributed by atoms with Gasteiger partial charge in [-0.2, -0.15) is 0 Å². The summed E-state index contributed by atoms with van der Waals surface area (Å²) < 4.78 is 0. The molecule has 0 aliphatic heterocycles. The highest BCUT2D eigenvalue weighted by molar-refractivity contribution is 5.92. The fourth-order valence-electron chi connectivity index (χ4n) is 1.54. The van der Waals surface area contributed by atoms with Gasteiger partial charge in [0.05, 0.1) is 0 Å². The van der Waals surface area contributed by atoms with Gasteiger partial charge in [0.2, 0.25) is 11.8 Å². The van der Waals surface area contributed by atoms with Crippen LogP contribution < -0.4 is 10.6 Å².